The number of ether oxygens (including phenoxy) is 1. The zero-order valence-electron chi connectivity index (χ0n) is 23.9. The molecule has 0 aromatic heterocycles. The van der Waals surface area contributed by atoms with Crippen molar-refractivity contribution < 1.29 is 27.1 Å². The number of carbonyl (C=O) groups excluding carboxylic acids is 2. The summed E-state index contributed by atoms with van der Waals surface area (Å²) in [5, 5.41) is 0.397. The van der Waals surface area contributed by atoms with E-state index in [2.05, 4.69) is 9.62 Å². The van der Waals surface area contributed by atoms with Crippen molar-refractivity contribution in [3.8, 4) is 0 Å². The molecule has 1 N–H and O–H groups in total. The summed E-state index contributed by atoms with van der Waals surface area (Å²) >= 11 is 6.22. The largest absolute Gasteiger partial charge is 0.444 e. The Morgan fingerprint density at radius 1 is 1.10 bits per heavy atom. The third-order valence-electron chi connectivity index (χ3n) is 6.84. The van der Waals surface area contributed by atoms with E-state index in [1.54, 1.807) is 41.0 Å². The van der Waals surface area contributed by atoms with E-state index in [-0.39, 0.29) is 29.5 Å². The highest BCUT2D eigenvalue weighted by Gasteiger charge is 2.44. The van der Waals surface area contributed by atoms with Crippen LogP contribution < -0.4 is 4.72 Å². The number of aryl methyl sites for hydroxylation is 1. The lowest BCUT2D eigenvalue weighted by atomic mass is 9.99. The summed E-state index contributed by atoms with van der Waals surface area (Å²) in [6.07, 6.45) is 3.62. The quantitative estimate of drug-likeness (QED) is 0.486. The average Bonchev–Trinajstić information content (AvgIpc) is 2.83. The fourth-order valence-corrected chi connectivity index (χ4v) is 5.95. The molecule has 2 aliphatic rings. The molecule has 2 atom stereocenters. The topological polar surface area (TPSA) is 99.3 Å². The molecule has 0 radical (unpaired) electrons. The smallest absolute Gasteiger partial charge is 0.410 e. The number of fused-ring (bicyclic) bond motifs is 2. The molecule has 2 unspecified atom stereocenters. The maximum Gasteiger partial charge on any atom is 0.410 e. The Hall–Kier alpha value is -3.15. The van der Waals surface area contributed by atoms with E-state index in [0.29, 0.717) is 43.3 Å². The molecule has 2 aromatic carbocycles. The summed E-state index contributed by atoms with van der Waals surface area (Å²) in [4.78, 5) is 32.2. The zero-order valence-corrected chi connectivity index (χ0v) is 25.4. The number of rotatable bonds is 6. The van der Waals surface area contributed by atoms with Crippen molar-refractivity contribution in [1.82, 2.24) is 14.7 Å². The molecule has 2 aromatic rings. The van der Waals surface area contributed by atoms with Gasteiger partial charge in [-0.2, -0.15) is 0 Å². The first-order valence-corrected chi connectivity index (χ1v) is 15.6. The van der Waals surface area contributed by atoms with Crippen LogP contribution in [0.5, 0.6) is 0 Å². The molecule has 41 heavy (non-hydrogen) atoms. The van der Waals surface area contributed by atoms with Crippen LogP contribution in [0.25, 0.3) is 6.08 Å². The number of benzene rings is 2. The van der Waals surface area contributed by atoms with Crippen molar-refractivity contribution in [1.29, 1.82) is 0 Å². The fraction of sp³-hybridized carbons (Fsp3) is 0.448. The number of halogens is 2. The highest BCUT2D eigenvalue weighted by atomic mass is 35.5. The van der Waals surface area contributed by atoms with Gasteiger partial charge in [-0.15, -0.1) is 0 Å². The maximum atomic E-state index is 13.6. The number of hydrogen-bond donors (Lipinski definition) is 1. The number of sulfonamides is 1. The van der Waals surface area contributed by atoms with Crippen molar-refractivity contribution in [2.75, 3.05) is 37.2 Å². The van der Waals surface area contributed by atoms with E-state index in [1.165, 1.54) is 24.3 Å². The molecule has 9 nitrogen and oxygen atoms in total. The molecule has 0 spiro atoms. The maximum absolute atomic E-state index is 13.6. The predicted molar refractivity (Wildman–Crippen MR) is 158 cm³/mol. The minimum atomic E-state index is -3.58. The standard InChI is InChI=1S/C29H36ClFN4O5S/c1-19-12-21(26(13-25(19)30)32-41(5,38)39)8-11-27(36)35-23-15-33(14-20-6-9-22(31)10-7-20)16-24(35)18-34(17-23)28(37)40-29(2,3)4/h6-13,23-24,32H,14-18H2,1-5H3. The number of hydrogen-bond acceptors (Lipinski definition) is 6. The van der Waals surface area contributed by atoms with Crippen molar-refractivity contribution >= 4 is 45.4 Å². The van der Waals surface area contributed by atoms with Gasteiger partial charge in [0.25, 0.3) is 0 Å². The molecular formula is C29H36ClFN4O5S. The van der Waals surface area contributed by atoms with Gasteiger partial charge >= 0.3 is 6.09 Å². The second kappa shape index (κ2) is 12.0. The minimum Gasteiger partial charge on any atom is -0.444 e. The predicted octanol–water partition coefficient (Wildman–Crippen LogP) is 4.50. The Balaban J connectivity index is 1.57. The molecule has 2 amide bonds. The third-order valence-corrected chi connectivity index (χ3v) is 7.84. The number of piperazine rings is 2. The Labute approximate surface area is 245 Å². The monoisotopic (exact) mass is 606 g/mol. The Morgan fingerprint density at radius 3 is 2.27 bits per heavy atom. The molecule has 2 bridgehead atoms. The van der Waals surface area contributed by atoms with Crippen LogP contribution in [0.2, 0.25) is 5.02 Å². The molecule has 0 saturated carbocycles. The second-order valence-electron chi connectivity index (χ2n) is 11.7. The first-order valence-electron chi connectivity index (χ1n) is 13.3. The molecule has 222 valence electrons. The van der Waals surface area contributed by atoms with E-state index in [9.17, 15) is 22.4 Å². The molecular weight excluding hydrogens is 571 g/mol. The lowest BCUT2D eigenvalue weighted by Gasteiger charge is -2.52. The summed E-state index contributed by atoms with van der Waals surface area (Å²) in [5.74, 6) is -0.547. The minimum absolute atomic E-state index is 0.247. The lowest BCUT2D eigenvalue weighted by molar-refractivity contribution is -0.140. The van der Waals surface area contributed by atoms with E-state index in [4.69, 9.17) is 16.3 Å². The zero-order chi connectivity index (χ0) is 30.1. The molecule has 0 aliphatic carbocycles. The summed E-state index contributed by atoms with van der Waals surface area (Å²) in [6.45, 7) is 9.42. The summed E-state index contributed by atoms with van der Waals surface area (Å²) in [5.41, 5.74) is 1.81. The van der Waals surface area contributed by atoms with Gasteiger partial charge in [0.2, 0.25) is 15.9 Å². The summed E-state index contributed by atoms with van der Waals surface area (Å²) in [6, 6.07) is 8.95. The van der Waals surface area contributed by atoms with E-state index in [1.807, 2.05) is 20.8 Å². The van der Waals surface area contributed by atoms with Crippen LogP contribution in [0.3, 0.4) is 0 Å². The van der Waals surface area contributed by atoms with Gasteiger partial charge in [0, 0.05) is 43.8 Å². The van der Waals surface area contributed by atoms with E-state index < -0.39 is 21.7 Å². The molecule has 4 rings (SSSR count). The van der Waals surface area contributed by atoms with Crippen LogP contribution in [-0.2, 0) is 26.1 Å². The lowest BCUT2D eigenvalue weighted by Crippen LogP contribution is -2.70. The summed E-state index contributed by atoms with van der Waals surface area (Å²) in [7, 11) is -3.58. The molecule has 2 fully saturated rings. The molecule has 2 heterocycles. The van der Waals surface area contributed by atoms with Crippen molar-refractivity contribution in [2.45, 2.75) is 51.9 Å². The van der Waals surface area contributed by atoms with E-state index >= 15 is 0 Å². The van der Waals surface area contributed by atoms with Gasteiger partial charge in [-0.25, -0.2) is 17.6 Å². The van der Waals surface area contributed by atoms with Gasteiger partial charge in [0.1, 0.15) is 11.4 Å². The second-order valence-corrected chi connectivity index (χ2v) is 13.8. The van der Waals surface area contributed by atoms with Gasteiger partial charge in [-0.3, -0.25) is 14.4 Å². The van der Waals surface area contributed by atoms with E-state index in [0.717, 1.165) is 17.4 Å². The van der Waals surface area contributed by atoms with Crippen LogP contribution in [-0.4, -0.2) is 85.2 Å². The number of carbonyl (C=O) groups is 2. The first-order chi connectivity index (χ1) is 19.1. The molecule has 2 saturated heterocycles. The van der Waals surface area contributed by atoms with Crippen molar-refractivity contribution in [3.05, 3.63) is 70.0 Å². The summed E-state index contributed by atoms with van der Waals surface area (Å²) < 4.78 is 45.3. The molecule has 2 aliphatic heterocycles. The van der Waals surface area contributed by atoms with Crippen LogP contribution in [0.4, 0.5) is 14.9 Å². The number of anilines is 1. The Bertz CT molecular complexity index is 1430. The number of nitrogens with zero attached hydrogens (tertiary/aromatic N) is 3. The number of nitrogens with one attached hydrogen (secondary N) is 1. The third kappa shape index (κ3) is 8.21. The highest BCUT2D eigenvalue weighted by Crippen LogP contribution is 2.29. The van der Waals surface area contributed by atoms with Crippen LogP contribution in [0, 0.1) is 12.7 Å². The number of amides is 2. The molecule has 12 heteroatoms. The highest BCUT2D eigenvalue weighted by molar-refractivity contribution is 7.92. The SMILES string of the molecule is Cc1cc(C=CC(=O)N2C3CN(Cc4ccc(F)cc4)CC2CN(C(=O)OC(C)(C)C)C3)c(NS(C)(=O)=O)cc1Cl. The van der Waals surface area contributed by atoms with Crippen LogP contribution >= 0.6 is 11.6 Å². The Morgan fingerprint density at radius 2 is 1.71 bits per heavy atom. The van der Waals surface area contributed by atoms with Gasteiger partial charge in [-0.05, 0) is 74.7 Å². The normalized spacial score (nSPS) is 19.9. The van der Waals surface area contributed by atoms with Gasteiger partial charge in [0.05, 0.1) is 24.0 Å². The fourth-order valence-electron chi connectivity index (χ4n) is 5.21. The first kappa shape index (κ1) is 30.8. The Kier molecular flexibility index (Phi) is 9.01. The van der Waals surface area contributed by atoms with Crippen LogP contribution in [0.1, 0.15) is 37.5 Å². The van der Waals surface area contributed by atoms with Crippen LogP contribution in [0.15, 0.2) is 42.5 Å². The van der Waals surface area contributed by atoms with Crippen molar-refractivity contribution in [2.24, 2.45) is 0 Å². The van der Waals surface area contributed by atoms with Gasteiger partial charge in [0.15, 0.2) is 0 Å². The van der Waals surface area contributed by atoms with Crippen molar-refractivity contribution in [3.63, 3.8) is 0 Å². The van der Waals surface area contributed by atoms with Gasteiger partial charge in [-0.1, -0.05) is 23.7 Å². The van der Waals surface area contributed by atoms with Gasteiger partial charge < -0.3 is 14.5 Å². The average molecular weight is 607 g/mol.